The van der Waals surface area contributed by atoms with Gasteiger partial charge in [-0.1, -0.05) is 42.5 Å². The molecular formula is C20H22N6O. The van der Waals surface area contributed by atoms with Gasteiger partial charge in [-0.3, -0.25) is 9.69 Å². The SMILES string of the molecule is O=C(c1ccccc1-n1cnnn1)N1CCCN(Cc2ccccc2)CC1. The summed E-state index contributed by atoms with van der Waals surface area (Å²) in [6, 6.07) is 17.9. The molecule has 0 bridgehead atoms. The van der Waals surface area contributed by atoms with Crippen molar-refractivity contribution in [3.05, 3.63) is 72.1 Å². The number of carbonyl (C=O) groups excluding carboxylic acids is 1. The third-order valence-electron chi connectivity index (χ3n) is 4.86. The molecule has 1 aliphatic heterocycles. The van der Waals surface area contributed by atoms with E-state index in [-0.39, 0.29) is 5.91 Å². The van der Waals surface area contributed by atoms with Gasteiger partial charge >= 0.3 is 0 Å². The summed E-state index contributed by atoms with van der Waals surface area (Å²) in [6.45, 7) is 4.26. The molecule has 27 heavy (non-hydrogen) atoms. The fraction of sp³-hybridized carbons (Fsp3) is 0.300. The minimum absolute atomic E-state index is 0.0302. The van der Waals surface area contributed by atoms with Crippen molar-refractivity contribution >= 4 is 5.91 Å². The minimum atomic E-state index is 0.0302. The molecule has 3 aromatic rings. The Hall–Kier alpha value is -3.06. The van der Waals surface area contributed by atoms with E-state index in [1.165, 1.54) is 16.6 Å². The Kier molecular flexibility index (Phi) is 5.20. The number of hydrogen-bond donors (Lipinski definition) is 0. The zero-order chi connectivity index (χ0) is 18.5. The van der Waals surface area contributed by atoms with Gasteiger partial charge in [-0.25, -0.2) is 0 Å². The summed E-state index contributed by atoms with van der Waals surface area (Å²) in [5, 5.41) is 11.3. The van der Waals surface area contributed by atoms with E-state index >= 15 is 0 Å². The summed E-state index contributed by atoms with van der Waals surface area (Å²) >= 11 is 0. The average Bonchev–Trinajstić information content (AvgIpc) is 3.15. The molecule has 0 N–H and O–H groups in total. The topological polar surface area (TPSA) is 67.2 Å². The smallest absolute Gasteiger partial charge is 0.256 e. The molecule has 0 spiro atoms. The molecular weight excluding hydrogens is 340 g/mol. The molecule has 1 saturated heterocycles. The maximum atomic E-state index is 13.2. The molecule has 2 heterocycles. The molecule has 0 unspecified atom stereocenters. The molecule has 4 rings (SSSR count). The molecule has 1 amide bonds. The van der Waals surface area contributed by atoms with Crippen LogP contribution in [0.5, 0.6) is 0 Å². The second-order valence-corrected chi connectivity index (χ2v) is 6.68. The molecule has 0 atom stereocenters. The zero-order valence-electron chi connectivity index (χ0n) is 15.1. The minimum Gasteiger partial charge on any atom is -0.337 e. The Morgan fingerprint density at radius 2 is 1.74 bits per heavy atom. The van der Waals surface area contributed by atoms with E-state index in [0.29, 0.717) is 11.3 Å². The quantitative estimate of drug-likeness (QED) is 0.710. The largest absolute Gasteiger partial charge is 0.337 e. The van der Waals surface area contributed by atoms with Gasteiger partial charge in [0.05, 0.1) is 11.3 Å². The Balaban J connectivity index is 1.46. The molecule has 1 aromatic heterocycles. The number of tetrazole rings is 1. The van der Waals surface area contributed by atoms with Crippen molar-refractivity contribution in [2.24, 2.45) is 0 Å². The van der Waals surface area contributed by atoms with Crippen molar-refractivity contribution in [1.82, 2.24) is 30.0 Å². The van der Waals surface area contributed by atoms with E-state index in [4.69, 9.17) is 0 Å². The van der Waals surface area contributed by atoms with E-state index in [9.17, 15) is 4.79 Å². The molecule has 2 aromatic carbocycles. The van der Waals surface area contributed by atoms with Crippen molar-refractivity contribution < 1.29 is 4.79 Å². The van der Waals surface area contributed by atoms with Gasteiger partial charge in [0.25, 0.3) is 5.91 Å². The second-order valence-electron chi connectivity index (χ2n) is 6.68. The highest BCUT2D eigenvalue weighted by molar-refractivity contribution is 5.97. The van der Waals surface area contributed by atoms with Crippen LogP contribution in [0.4, 0.5) is 0 Å². The molecule has 1 fully saturated rings. The third kappa shape index (κ3) is 4.03. The Bertz CT molecular complexity index is 881. The van der Waals surface area contributed by atoms with Gasteiger partial charge in [0, 0.05) is 32.7 Å². The van der Waals surface area contributed by atoms with Gasteiger partial charge in [-0.15, -0.1) is 5.10 Å². The average molecular weight is 362 g/mol. The van der Waals surface area contributed by atoms with Crippen LogP contribution in [0, 0.1) is 0 Å². The van der Waals surface area contributed by atoms with Gasteiger partial charge in [-0.05, 0) is 34.5 Å². The first-order valence-electron chi connectivity index (χ1n) is 9.19. The van der Waals surface area contributed by atoms with Crippen LogP contribution < -0.4 is 0 Å². The lowest BCUT2D eigenvalue weighted by Gasteiger charge is -2.23. The van der Waals surface area contributed by atoms with Crippen molar-refractivity contribution in [2.75, 3.05) is 26.2 Å². The van der Waals surface area contributed by atoms with Crippen LogP contribution in [0.25, 0.3) is 5.69 Å². The molecule has 138 valence electrons. The Morgan fingerprint density at radius 3 is 2.56 bits per heavy atom. The van der Waals surface area contributed by atoms with Gasteiger partial charge in [-0.2, -0.15) is 4.68 Å². The molecule has 1 aliphatic rings. The number of carbonyl (C=O) groups is 1. The predicted molar refractivity (Wildman–Crippen MR) is 101 cm³/mol. The van der Waals surface area contributed by atoms with E-state index < -0.39 is 0 Å². The molecule has 7 nitrogen and oxygen atoms in total. The lowest BCUT2D eigenvalue weighted by Crippen LogP contribution is -2.35. The highest BCUT2D eigenvalue weighted by Gasteiger charge is 2.23. The van der Waals surface area contributed by atoms with Crippen molar-refractivity contribution in [3.63, 3.8) is 0 Å². The van der Waals surface area contributed by atoms with E-state index in [1.54, 1.807) is 0 Å². The first kappa shape index (κ1) is 17.4. The Morgan fingerprint density at radius 1 is 0.926 bits per heavy atom. The maximum Gasteiger partial charge on any atom is 0.256 e. The number of hydrogen-bond acceptors (Lipinski definition) is 5. The van der Waals surface area contributed by atoms with Gasteiger partial charge in [0.2, 0.25) is 0 Å². The van der Waals surface area contributed by atoms with Crippen LogP contribution in [0.2, 0.25) is 0 Å². The lowest BCUT2D eigenvalue weighted by atomic mass is 10.1. The maximum absolute atomic E-state index is 13.2. The van der Waals surface area contributed by atoms with Crippen LogP contribution in [-0.4, -0.2) is 62.1 Å². The van der Waals surface area contributed by atoms with Crippen molar-refractivity contribution in [1.29, 1.82) is 0 Å². The number of amides is 1. The third-order valence-corrected chi connectivity index (χ3v) is 4.86. The number of para-hydroxylation sites is 1. The highest BCUT2D eigenvalue weighted by atomic mass is 16.2. The first-order chi connectivity index (χ1) is 13.3. The number of aromatic nitrogens is 4. The van der Waals surface area contributed by atoms with E-state index in [1.807, 2.05) is 35.2 Å². The first-order valence-corrected chi connectivity index (χ1v) is 9.19. The number of rotatable bonds is 4. The van der Waals surface area contributed by atoms with Crippen LogP contribution in [0.3, 0.4) is 0 Å². The zero-order valence-corrected chi connectivity index (χ0v) is 15.1. The second kappa shape index (κ2) is 8.09. The van der Waals surface area contributed by atoms with Crippen LogP contribution >= 0.6 is 0 Å². The molecule has 0 aliphatic carbocycles. The standard InChI is InChI=1S/C20H22N6O/c27-20(18-9-4-5-10-19(18)26-16-21-22-23-26)25-12-6-11-24(13-14-25)15-17-7-2-1-3-8-17/h1-5,7-10,16H,6,11-15H2. The molecule has 7 heteroatoms. The predicted octanol–water partition coefficient (Wildman–Crippen LogP) is 2.01. The summed E-state index contributed by atoms with van der Waals surface area (Å²) in [6.07, 6.45) is 2.47. The summed E-state index contributed by atoms with van der Waals surface area (Å²) < 4.78 is 1.53. The lowest BCUT2D eigenvalue weighted by molar-refractivity contribution is 0.0761. The summed E-state index contributed by atoms with van der Waals surface area (Å²) in [5.74, 6) is 0.0302. The van der Waals surface area contributed by atoms with Gasteiger partial charge in [0.1, 0.15) is 6.33 Å². The number of nitrogens with zero attached hydrogens (tertiary/aromatic N) is 6. The normalized spacial score (nSPS) is 15.5. The Labute approximate surface area is 158 Å². The van der Waals surface area contributed by atoms with Crippen molar-refractivity contribution in [3.8, 4) is 5.69 Å². The molecule has 0 saturated carbocycles. The molecule has 0 radical (unpaired) electrons. The monoisotopic (exact) mass is 362 g/mol. The van der Waals surface area contributed by atoms with Crippen LogP contribution in [0.1, 0.15) is 22.3 Å². The van der Waals surface area contributed by atoms with E-state index in [2.05, 4.69) is 44.7 Å². The van der Waals surface area contributed by atoms with E-state index in [0.717, 1.165) is 39.1 Å². The van der Waals surface area contributed by atoms with Gasteiger partial charge < -0.3 is 4.90 Å². The summed E-state index contributed by atoms with van der Waals surface area (Å²) in [7, 11) is 0. The fourth-order valence-electron chi connectivity index (χ4n) is 3.47. The number of benzene rings is 2. The van der Waals surface area contributed by atoms with Gasteiger partial charge in [0.15, 0.2) is 0 Å². The van der Waals surface area contributed by atoms with Crippen LogP contribution in [0.15, 0.2) is 60.9 Å². The summed E-state index contributed by atoms with van der Waals surface area (Å²) in [5.41, 5.74) is 2.64. The highest BCUT2D eigenvalue weighted by Crippen LogP contribution is 2.17. The van der Waals surface area contributed by atoms with Crippen LogP contribution in [-0.2, 0) is 6.54 Å². The summed E-state index contributed by atoms with van der Waals surface area (Å²) in [4.78, 5) is 17.5. The fourth-order valence-corrected chi connectivity index (χ4v) is 3.47. The van der Waals surface area contributed by atoms with Crippen molar-refractivity contribution in [2.45, 2.75) is 13.0 Å².